The summed E-state index contributed by atoms with van der Waals surface area (Å²) in [6.07, 6.45) is -0.967. The van der Waals surface area contributed by atoms with E-state index in [-0.39, 0.29) is 11.6 Å². The minimum absolute atomic E-state index is 0.0920. The number of aryl methyl sites for hydroxylation is 1. The van der Waals surface area contributed by atoms with Crippen molar-refractivity contribution in [1.82, 2.24) is 24.8 Å². The van der Waals surface area contributed by atoms with E-state index in [1.54, 1.807) is 0 Å². The number of H-pyrrole nitrogens is 1. The minimum Gasteiger partial charge on any atom is -0.367 e. The normalized spacial score (nSPS) is 15.5. The SMILES string of the molecule is Cc1c(CN2CCC(Nc3ncnc4ncc(CC(F)(F)F)cc34)CC2)ccc2[nH]c(C#N)cc12. The number of fused-ring (bicyclic) bond motifs is 2. The molecule has 180 valence electrons. The van der Waals surface area contributed by atoms with E-state index in [0.717, 1.165) is 43.4 Å². The number of hydrogen-bond acceptors (Lipinski definition) is 6. The first-order chi connectivity index (χ1) is 16.8. The van der Waals surface area contributed by atoms with E-state index in [1.807, 2.05) is 12.1 Å². The number of likely N-dealkylation sites (tertiary alicyclic amines) is 1. The van der Waals surface area contributed by atoms with Crippen LogP contribution >= 0.6 is 0 Å². The van der Waals surface area contributed by atoms with Crippen molar-refractivity contribution in [1.29, 1.82) is 5.26 Å². The topological polar surface area (TPSA) is 93.5 Å². The molecule has 2 N–H and O–H groups in total. The lowest BCUT2D eigenvalue weighted by atomic mass is 10.0. The summed E-state index contributed by atoms with van der Waals surface area (Å²) in [7, 11) is 0. The average molecular weight is 480 g/mol. The van der Waals surface area contributed by atoms with Crippen LogP contribution in [0.1, 0.15) is 35.2 Å². The largest absolute Gasteiger partial charge is 0.393 e. The number of nitrogens with one attached hydrogen (secondary N) is 2. The lowest BCUT2D eigenvalue weighted by molar-refractivity contribution is -0.127. The van der Waals surface area contributed by atoms with E-state index in [2.05, 4.69) is 49.2 Å². The summed E-state index contributed by atoms with van der Waals surface area (Å²) < 4.78 is 38.5. The second kappa shape index (κ2) is 9.15. The van der Waals surface area contributed by atoms with Crippen molar-refractivity contribution in [3.8, 4) is 6.07 Å². The number of nitrogens with zero attached hydrogens (tertiary/aromatic N) is 5. The highest BCUT2D eigenvalue weighted by molar-refractivity contribution is 5.87. The second-order valence-corrected chi connectivity index (χ2v) is 9.03. The van der Waals surface area contributed by atoms with Crippen LogP contribution in [-0.2, 0) is 13.0 Å². The van der Waals surface area contributed by atoms with Crippen LogP contribution < -0.4 is 5.32 Å². The highest BCUT2D eigenvalue weighted by Gasteiger charge is 2.28. The standard InChI is InChI=1S/C25H24F3N7/c1-15-17(2-3-22-20(15)9-19(11-29)33-22)13-35-6-4-18(5-7-35)34-24-21-8-16(10-25(26,27)28)12-30-23(21)31-14-32-24/h2-3,8-9,12,14,18,33H,4-7,10,13H2,1H3,(H,30,31,32,34). The van der Waals surface area contributed by atoms with Crippen molar-refractivity contribution >= 4 is 27.8 Å². The maximum absolute atomic E-state index is 12.8. The number of piperidine rings is 1. The Morgan fingerprint density at radius 1 is 1.14 bits per heavy atom. The van der Waals surface area contributed by atoms with E-state index in [4.69, 9.17) is 5.26 Å². The number of aromatic nitrogens is 4. The number of halogens is 3. The fourth-order valence-electron chi connectivity index (χ4n) is 4.73. The molecule has 0 spiro atoms. The van der Waals surface area contributed by atoms with E-state index < -0.39 is 12.6 Å². The molecule has 1 saturated heterocycles. The smallest absolute Gasteiger partial charge is 0.367 e. The number of alkyl halides is 3. The summed E-state index contributed by atoms with van der Waals surface area (Å²) in [6.45, 7) is 4.67. The molecule has 0 saturated carbocycles. The zero-order valence-corrected chi connectivity index (χ0v) is 19.2. The molecule has 1 aliphatic heterocycles. The molecule has 0 atom stereocenters. The van der Waals surface area contributed by atoms with Crippen LogP contribution in [0, 0.1) is 18.3 Å². The maximum atomic E-state index is 12.8. The van der Waals surface area contributed by atoms with Crippen molar-refractivity contribution in [2.45, 2.75) is 44.9 Å². The zero-order chi connectivity index (χ0) is 24.6. The third-order valence-electron chi connectivity index (χ3n) is 6.58. The minimum atomic E-state index is -4.30. The molecule has 0 radical (unpaired) electrons. The third-order valence-corrected chi connectivity index (χ3v) is 6.58. The van der Waals surface area contributed by atoms with Gasteiger partial charge in [0, 0.05) is 42.8 Å². The Labute approximate surface area is 200 Å². The van der Waals surface area contributed by atoms with Gasteiger partial charge in [-0.25, -0.2) is 15.0 Å². The molecular formula is C25H24F3N7. The Kier molecular flexibility index (Phi) is 6.03. The van der Waals surface area contributed by atoms with Gasteiger partial charge in [-0.1, -0.05) is 6.07 Å². The van der Waals surface area contributed by atoms with Crippen LogP contribution in [0.5, 0.6) is 0 Å². The van der Waals surface area contributed by atoms with Gasteiger partial charge in [-0.05, 0) is 54.7 Å². The molecule has 1 fully saturated rings. The van der Waals surface area contributed by atoms with Gasteiger partial charge in [-0.2, -0.15) is 18.4 Å². The van der Waals surface area contributed by atoms with Crippen LogP contribution in [-0.4, -0.2) is 50.1 Å². The average Bonchev–Trinajstić information content (AvgIpc) is 3.26. The van der Waals surface area contributed by atoms with Gasteiger partial charge in [0.2, 0.25) is 0 Å². The molecule has 35 heavy (non-hydrogen) atoms. The molecule has 0 amide bonds. The summed E-state index contributed by atoms with van der Waals surface area (Å²) in [6, 6.07) is 9.81. The third kappa shape index (κ3) is 5.05. The Morgan fingerprint density at radius 3 is 2.69 bits per heavy atom. The van der Waals surface area contributed by atoms with E-state index in [0.29, 0.717) is 22.5 Å². The van der Waals surface area contributed by atoms with Crippen LogP contribution in [0.15, 0.2) is 36.8 Å². The molecule has 1 aliphatic rings. The molecule has 4 aromatic rings. The fourth-order valence-corrected chi connectivity index (χ4v) is 4.73. The van der Waals surface area contributed by atoms with E-state index in [9.17, 15) is 13.2 Å². The van der Waals surface area contributed by atoms with Gasteiger partial charge < -0.3 is 10.3 Å². The van der Waals surface area contributed by atoms with Gasteiger partial charge in [-0.3, -0.25) is 4.90 Å². The Hall–Kier alpha value is -3.71. The van der Waals surface area contributed by atoms with Crippen LogP contribution in [0.3, 0.4) is 0 Å². The molecule has 4 heterocycles. The molecule has 10 heteroatoms. The highest BCUT2D eigenvalue weighted by Crippen LogP contribution is 2.27. The molecule has 5 rings (SSSR count). The van der Waals surface area contributed by atoms with Gasteiger partial charge in [-0.15, -0.1) is 0 Å². The van der Waals surface area contributed by atoms with Crippen LogP contribution in [0.2, 0.25) is 0 Å². The van der Waals surface area contributed by atoms with Gasteiger partial charge in [0.25, 0.3) is 0 Å². The molecule has 0 unspecified atom stereocenters. The summed E-state index contributed by atoms with van der Waals surface area (Å²) in [5.41, 5.74) is 4.41. The highest BCUT2D eigenvalue weighted by atomic mass is 19.4. The predicted molar refractivity (Wildman–Crippen MR) is 127 cm³/mol. The summed E-state index contributed by atoms with van der Waals surface area (Å²) >= 11 is 0. The molecule has 0 aliphatic carbocycles. The lowest BCUT2D eigenvalue weighted by Crippen LogP contribution is -2.39. The number of pyridine rings is 1. The van der Waals surface area contributed by atoms with E-state index >= 15 is 0 Å². The monoisotopic (exact) mass is 479 g/mol. The van der Waals surface area contributed by atoms with E-state index in [1.165, 1.54) is 29.7 Å². The number of rotatable bonds is 5. The van der Waals surface area contributed by atoms with Crippen molar-refractivity contribution < 1.29 is 13.2 Å². The second-order valence-electron chi connectivity index (χ2n) is 9.03. The van der Waals surface area contributed by atoms with Crippen molar-refractivity contribution in [2.75, 3.05) is 18.4 Å². The Balaban J connectivity index is 1.25. The number of anilines is 1. The summed E-state index contributed by atoms with van der Waals surface area (Å²) in [5, 5.41) is 14.1. The fraction of sp³-hybridized carbons (Fsp3) is 0.360. The summed E-state index contributed by atoms with van der Waals surface area (Å²) in [4.78, 5) is 18.0. The molecule has 0 bridgehead atoms. The number of nitriles is 1. The zero-order valence-electron chi connectivity index (χ0n) is 19.2. The first-order valence-corrected chi connectivity index (χ1v) is 11.5. The Morgan fingerprint density at radius 2 is 1.94 bits per heavy atom. The predicted octanol–water partition coefficient (Wildman–Crippen LogP) is 4.87. The lowest BCUT2D eigenvalue weighted by Gasteiger charge is -2.33. The van der Waals surface area contributed by atoms with Gasteiger partial charge in [0.15, 0.2) is 5.65 Å². The molecule has 1 aromatic carbocycles. The van der Waals surface area contributed by atoms with Gasteiger partial charge in [0.1, 0.15) is 23.9 Å². The molecule has 3 aromatic heterocycles. The molecular weight excluding hydrogens is 455 g/mol. The number of benzene rings is 1. The van der Waals surface area contributed by atoms with Crippen molar-refractivity contribution in [3.63, 3.8) is 0 Å². The Bertz CT molecular complexity index is 1410. The van der Waals surface area contributed by atoms with Crippen molar-refractivity contribution in [3.05, 3.63) is 59.2 Å². The van der Waals surface area contributed by atoms with Gasteiger partial charge in [0.05, 0.1) is 11.8 Å². The van der Waals surface area contributed by atoms with Crippen LogP contribution in [0.4, 0.5) is 19.0 Å². The van der Waals surface area contributed by atoms with Gasteiger partial charge >= 0.3 is 6.18 Å². The number of aromatic amines is 1. The maximum Gasteiger partial charge on any atom is 0.393 e. The molecule has 7 nitrogen and oxygen atoms in total. The number of hydrogen-bond donors (Lipinski definition) is 2. The van der Waals surface area contributed by atoms with Crippen LogP contribution in [0.25, 0.3) is 21.9 Å². The van der Waals surface area contributed by atoms with Crippen molar-refractivity contribution in [2.24, 2.45) is 0 Å². The first kappa shape index (κ1) is 23.1. The summed E-state index contributed by atoms with van der Waals surface area (Å²) in [5.74, 6) is 0.520. The quantitative estimate of drug-likeness (QED) is 0.424. The first-order valence-electron chi connectivity index (χ1n) is 11.5.